The van der Waals surface area contributed by atoms with E-state index < -0.39 is 23.8 Å². The average Bonchev–Trinajstić information content (AvgIpc) is 3.33. The normalized spacial score (nSPS) is 12.8. The molecule has 0 aliphatic rings. The first-order chi connectivity index (χ1) is 16.8. The Kier molecular flexibility index (Phi) is 9.39. The molecule has 3 rings (SSSR count). The van der Waals surface area contributed by atoms with Crippen LogP contribution in [-0.2, 0) is 22.4 Å². The number of carbonyl (C=O) groups excluding carboxylic acids is 1. The minimum atomic E-state index is -0.957. The van der Waals surface area contributed by atoms with Gasteiger partial charge in [0.25, 0.3) is 5.91 Å². The molecule has 2 atom stereocenters. The van der Waals surface area contributed by atoms with Crippen LogP contribution >= 0.6 is 11.6 Å². The van der Waals surface area contributed by atoms with Crippen molar-refractivity contribution in [3.63, 3.8) is 0 Å². The topological polar surface area (TPSA) is 102 Å². The van der Waals surface area contributed by atoms with Gasteiger partial charge >= 0.3 is 5.97 Å². The Bertz CT molecular complexity index is 1150. The van der Waals surface area contributed by atoms with Crippen molar-refractivity contribution in [3.05, 3.63) is 76.4 Å². The first-order valence-corrected chi connectivity index (χ1v) is 11.7. The summed E-state index contributed by atoms with van der Waals surface area (Å²) in [4.78, 5) is 24.6. The van der Waals surface area contributed by atoms with E-state index in [1.807, 2.05) is 19.1 Å². The first kappa shape index (κ1) is 26.4. The molecule has 0 radical (unpaired) electrons. The molecule has 3 aromatic rings. The Hall–Kier alpha value is -3.23. The largest absolute Gasteiger partial charge is 0.481 e. The fourth-order valence-corrected chi connectivity index (χ4v) is 3.98. The second-order valence-corrected chi connectivity index (χ2v) is 8.72. The molecule has 35 heavy (non-hydrogen) atoms. The van der Waals surface area contributed by atoms with Gasteiger partial charge < -0.3 is 19.7 Å². The molecule has 0 fully saturated rings. The highest BCUT2D eigenvalue weighted by atomic mass is 35.5. The van der Waals surface area contributed by atoms with E-state index >= 15 is 0 Å². The van der Waals surface area contributed by atoms with Crippen molar-refractivity contribution in [1.29, 1.82) is 0 Å². The average molecular weight is 503 g/mol. The van der Waals surface area contributed by atoms with E-state index in [1.54, 1.807) is 24.3 Å². The Balaban J connectivity index is 1.80. The molecule has 9 heteroatoms. The molecule has 7 nitrogen and oxygen atoms in total. The fourth-order valence-electron chi connectivity index (χ4n) is 3.80. The van der Waals surface area contributed by atoms with Gasteiger partial charge in [0.1, 0.15) is 5.82 Å². The Morgan fingerprint density at radius 1 is 1.20 bits per heavy atom. The number of methoxy groups -OCH3 is 1. The molecule has 1 amide bonds. The maximum absolute atomic E-state index is 14.2. The second kappa shape index (κ2) is 12.5. The van der Waals surface area contributed by atoms with E-state index in [2.05, 4.69) is 10.5 Å². The lowest BCUT2D eigenvalue weighted by molar-refractivity contribution is -0.142. The highest BCUT2D eigenvalue weighted by Crippen LogP contribution is 2.27. The van der Waals surface area contributed by atoms with E-state index in [1.165, 1.54) is 19.2 Å². The van der Waals surface area contributed by atoms with Crippen LogP contribution in [0.3, 0.4) is 0 Å². The third-order valence-corrected chi connectivity index (χ3v) is 5.98. The summed E-state index contributed by atoms with van der Waals surface area (Å²) in [6, 6.07) is 12.6. The van der Waals surface area contributed by atoms with Crippen molar-refractivity contribution in [2.45, 2.75) is 38.6 Å². The number of amides is 1. The number of benzene rings is 2. The van der Waals surface area contributed by atoms with Gasteiger partial charge in [-0.2, -0.15) is 0 Å². The zero-order chi connectivity index (χ0) is 25.4. The van der Waals surface area contributed by atoms with Gasteiger partial charge in [-0.15, -0.1) is 0 Å². The lowest BCUT2D eigenvalue weighted by Crippen LogP contribution is -2.39. The Morgan fingerprint density at radius 3 is 2.57 bits per heavy atom. The van der Waals surface area contributed by atoms with Crippen LogP contribution in [0, 0.1) is 11.7 Å². The van der Waals surface area contributed by atoms with Crippen LogP contribution in [0.4, 0.5) is 4.39 Å². The SMILES string of the molecule is CCc1cc(C(=O)N[C@H](Cc2ccc(-c3cc(Cl)ccc3F)cc2)C[C@@H](CCOC)C(=O)O)on1. The minimum absolute atomic E-state index is 0.0717. The number of nitrogens with zero attached hydrogens (tertiary/aromatic N) is 1. The van der Waals surface area contributed by atoms with Gasteiger partial charge in [0.2, 0.25) is 5.76 Å². The van der Waals surface area contributed by atoms with Crippen LogP contribution in [0.15, 0.2) is 53.1 Å². The summed E-state index contributed by atoms with van der Waals surface area (Å²) >= 11 is 6.01. The van der Waals surface area contributed by atoms with Crippen LogP contribution in [0.1, 0.15) is 41.6 Å². The molecule has 0 saturated heterocycles. The third kappa shape index (κ3) is 7.37. The number of aliphatic carboxylic acids is 1. The lowest BCUT2D eigenvalue weighted by Gasteiger charge is -2.22. The molecule has 1 heterocycles. The number of rotatable bonds is 12. The minimum Gasteiger partial charge on any atom is -0.481 e. The summed E-state index contributed by atoms with van der Waals surface area (Å²) in [6.07, 6.45) is 1.50. The van der Waals surface area contributed by atoms with Gasteiger partial charge in [0, 0.05) is 36.4 Å². The number of carboxylic acid groups (broad SMARTS) is 1. The number of aryl methyl sites for hydroxylation is 1. The van der Waals surface area contributed by atoms with Crippen molar-refractivity contribution < 1.29 is 28.3 Å². The molecule has 0 bridgehead atoms. The highest BCUT2D eigenvalue weighted by Gasteiger charge is 2.25. The summed E-state index contributed by atoms with van der Waals surface area (Å²) in [7, 11) is 1.51. The van der Waals surface area contributed by atoms with Crippen molar-refractivity contribution >= 4 is 23.5 Å². The van der Waals surface area contributed by atoms with Crippen LogP contribution in [0.5, 0.6) is 0 Å². The van der Waals surface area contributed by atoms with Gasteiger partial charge in [0.05, 0.1) is 11.6 Å². The molecule has 0 aliphatic carbocycles. The van der Waals surface area contributed by atoms with E-state index in [-0.39, 0.29) is 18.0 Å². The van der Waals surface area contributed by atoms with Crippen LogP contribution in [-0.4, -0.2) is 41.9 Å². The molecule has 0 saturated carbocycles. The Labute approximate surface area is 208 Å². The van der Waals surface area contributed by atoms with Crippen molar-refractivity contribution in [2.75, 3.05) is 13.7 Å². The number of hydrogen-bond acceptors (Lipinski definition) is 5. The van der Waals surface area contributed by atoms with Crippen molar-refractivity contribution in [1.82, 2.24) is 10.5 Å². The summed E-state index contributed by atoms with van der Waals surface area (Å²) in [5.74, 6) is -2.44. The number of hydrogen-bond donors (Lipinski definition) is 2. The number of nitrogens with one attached hydrogen (secondary N) is 1. The zero-order valence-corrected chi connectivity index (χ0v) is 20.3. The number of halogens is 2. The van der Waals surface area contributed by atoms with Crippen molar-refractivity contribution in [3.8, 4) is 11.1 Å². The second-order valence-electron chi connectivity index (χ2n) is 8.28. The van der Waals surface area contributed by atoms with Gasteiger partial charge in [-0.25, -0.2) is 4.39 Å². The highest BCUT2D eigenvalue weighted by molar-refractivity contribution is 6.30. The summed E-state index contributed by atoms with van der Waals surface area (Å²) < 4.78 is 24.4. The molecule has 1 aromatic heterocycles. The van der Waals surface area contributed by atoms with Crippen LogP contribution in [0.2, 0.25) is 5.02 Å². The van der Waals surface area contributed by atoms with E-state index in [0.29, 0.717) is 47.7 Å². The summed E-state index contributed by atoms with van der Waals surface area (Å²) in [6.45, 7) is 2.19. The van der Waals surface area contributed by atoms with E-state index in [4.69, 9.17) is 20.9 Å². The molecule has 0 unspecified atom stereocenters. The molecule has 2 N–H and O–H groups in total. The molecular weight excluding hydrogens is 475 g/mol. The summed E-state index contributed by atoms with van der Waals surface area (Å²) in [5, 5.41) is 16.8. The molecule has 2 aromatic carbocycles. The first-order valence-electron chi connectivity index (χ1n) is 11.3. The number of aromatic nitrogens is 1. The maximum Gasteiger partial charge on any atom is 0.306 e. The van der Waals surface area contributed by atoms with Gasteiger partial charge in [0.15, 0.2) is 0 Å². The molecular formula is C26H28ClFN2O5. The number of carbonyl (C=O) groups is 2. The van der Waals surface area contributed by atoms with E-state index in [0.717, 1.165) is 5.56 Å². The quantitative estimate of drug-likeness (QED) is 0.354. The smallest absolute Gasteiger partial charge is 0.306 e. The predicted molar refractivity (Wildman–Crippen MR) is 130 cm³/mol. The van der Waals surface area contributed by atoms with Gasteiger partial charge in [-0.3, -0.25) is 9.59 Å². The van der Waals surface area contributed by atoms with Crippen LogP contribution in [0.25, 0.3) is 11.1 Å². The van der Waals surface area contributed by atoms with Crippen LogP contribution < -0.4 is 5.32 Å². The predicted octanol–water partition coefficient (Wildman–Crippen LogP) is 5.17. The summed E-state index contributed by atoms with van der Waals surface area (Å²) in [5.41, 5.74) is 2.55. The maximum atomic E-state index is 14.2. The monoisotopic (exact) mass is 502 g/mol. The number of carboxylic acids is 1. The molecule has 0 spiro atoms. The van der Waals surface area contributed by atoms with E-state index in [9.17, 15) is 19.1 Å². The third-order valence-electron chi connectivity index (χ3n) is 5.74. The number of ether oxygens (including phenoxy) is 1. The zero-order valence-electron chi connectivity index (χ0n) is 19.6. The lowest BCUT2D eigenvalue weighted by atomic mass is 9.92. The van der Waals surface area contributed by atoms with Crippen molar-refractivity contribution in [2.24, 2.45) is 5.92 Å². The Morgan fingerprint density at radius 2 is 1.94 bits per heavy atom. The van der Waals surface area contributed by atoms with Gasteiger partial charge in [-0.05, 0) is 55.0 Å². The standard InChI is InChI=1S/C26H28ClFN2O5/c1-3-20-15-24(35-30-20)25(31)29-21(13-18(26(32)33)10-11-34-2)12-16-4-6-17(7-5-16)22-14-19(27)8-9-23(22)28/h4-9,14-15,18,21H,3,10-13H2,1-2H3,(H,29,31)(H,32,33)/t18-,21-/m1/s1. The molecule has 186 valence electrons. The fraction of sp³-hybridized carbons (Fsp3) is 0.346. The van der Waals surface area contributed by atoms with Gasteiger partial charge in [-0.1, -0.05) is 47.9 Å². The molecule has 0 aliphatic heterocycles.